The fourth-order valence-corrected chi connectivity index (χ4v) is 3.11. The Morgan fingerprint density at radius 3 is 2.35 bits per heavy atom. The maximum atomic E-state index is 13.0. The minimum Gasteiger partial charge on any atom is -0.353 e. The van der Waals surface area contributed by atoms with Crippen LogP contribution in [-0.4, -0.2) is 44.8 Å². The van der Waals surface area contributed by atoms with Gasteiger partial charge in [-0.25, -0.2) is 0 Å². The molecular formula is C21H27N3O2. The van der Waals surface area contributed by atoms with E-state index in [-0.39, 0.29) is 24.4 Å². The number of nitrogens with zero attached hydrogens (tertiary/aromatic N) is 3. The van der Waals surface area contributed by atoms with Crippen molar-refractivity contribution in [1.29, 1.82) is 0 Å². The number of amides is 2. The lowest BCUT2D eigenvalue weighted by molar-refractivity contribution is -0.133. The number of aromatic nitrogens is 1. The number of rotatable bonds is 7. The Kier molecular flexibility index (Phi) is 5.45. The summed E-state index contributed by atoms with van der Waals surface area (Å²) in [7, 11) is 1.99. The zero-order valence-electron chi connectivity index (χ0n) is 15.8. The normalized spacial score (nSPS) is 13.7. The summed E-state index contributed by atoms with van der Waals surface area (Å²) < 4.78 is 2.04. The maximum absolute atomic E-state index is 13.0. The zero-order chi connectivity index (χ0) is 18.7. The van der Waals surface area contributed by atoms with Crippen LogP contribution < -0.4 is 0 Å². The molecule has 3 rings (SSSR count). The first-order valence-corrected chi connectivity index (χ1v) is 9.23. The highest BCUT2D eigenvalue weighted by atomic mass is 16.2. The van der Waals surface area contributed by atoms with Crippen LogP contribution in [0.1, 0.15) is 42.7 Å². The van der Waals surface area contributed by atoms with Crippen molar-refractivity contribution in [3.8, 4) is 0 Å². The van der Waals surface area contributed by atoms with Crippen LogP contribution in [0.4, 0.5) is 0 Å². The maximum Gasteiger partial charge on any atom is 0.254 e. The Morgan fingerprint density at radius 1 is 1.12 bits per heavy atom. The van der Waals surface area contributed by atoms with E-state index in [1.807, 2.05) is 66.9 Å². The average Bonchev–Trinajstić information content (AvgIpc) is 3.39. The number of carbonyl (C=O) groups is 2. The zero-order valence-corrected chi connectivity index (χ0v) is 15.8. The van der Waals surface area contributed by atoms with Crippen LogP contribution in [0.25, 0.3) is 0 Å². The van der Waals surface area contributed by atoms with Crippen molar-refractivity contribution in [2.45, 2.75) is 45.3 Å². The summed E-state index contributed by atoms with van der Waals surface area (Å²) in [5, 5.41) is 0. The van der Waals surface area contributed by atoms with E-state index in [1.54, 1.807) is 17.0 Å². The van der Waals surface area contributed by atoms with Gasteiger partial charge in [0.05, 0.1) is 6.54 Å². The van der Waals surface area contributed by atoms with Crippen LogP contribution in [0.3, 0.4) is 0 Å². The second-order valence-corrected chi connectivity index (χ2v) is 7.26. The Labute approximate surface area is 155 Å². The van der Waals surface area contributed by atoms with Crippen molar-refractivity contribution < 1.29 is 9.59 Å². The van der Waals surface area contributed by atoms with Crippen molar-refractivity contribution >= 4 is 11.8 Å². The second-order valence-electron chi connectivity index (χ2n) is 7.26. The summed E-state index contributed by atoms with van der Waals surface area (Å²) in [6, 6.07) is 13.5. The van der Waals surface area contributed by atoms with E-state index in [0.717, 1.165) is 18.5 Å². The third-order valence-corrected chi connectivity index (χ3v) is 4.90. The molecule has 2 aromatic rings. The molecule has 0 atom stereocenters. The lowest BCUT2D eigenvalue weighted by Gasteiger charge is -2.30. The largest absolute Gasteiger partial charge is 0.353 e. The molecule has 0 spiro atoms. The molecule has 1 aromatic carbocycles. The molecular weight excluding hydrogens is 326 g/mol. The predicted molar refractivity (Wildman–Crippen MR) is 102 cm³/mol. The molecule has 1 saturated carbocycles. The number of carbonyl (C=O) groups excluding carboxylic acids is 2. The van der Waals surface area contributed by atoms with Gasteiger partial charge in [-0.3, -0.25) is 9.59 Å². The van der Waals surface area contributed by atoms with Crippen molar-refractivity contribution in [2.75, 3.05) is 6.54 Å². The SMILES string of the molecule is CC(C)N(CC(=O)N(Cc1cccn1C)C1CC1)C(=O)c1ccccc1. The quantitative estimate of drug-likeness (QED) is 0.768. The van der Waals surface area contributed by atoms with Crippen LogP contribution in [0.2, 0.25) is 0 Å². The van der Waals surface area contributed by atoms with Crippen LogP contribution >= 0.6 is 0 Å². The molecule has 1 aliphatic rings. The van der Waals surface area contributed by atoms with Crippen LogP contribution in [0, 0.1) is 0 Å². The van der Waals surface area contributed by atoms with E-state index < -0.39 is 0 Å². The smallest absolute Gasteiger partial charge is 0.254 e. The minimum atomic E-state index is -0.0939. The third-order valence-electron chi connectivity index (χ3n) is 4.90. The van der Waals surface area contributed by atoms with Crippen LogP contribution in [0.15, 0.2) is 48.7 Å². The van der Waals surface area contributed by atoms with Gasteiger partial charge in [0.2, 0.25) is 5.91 Å². The van der Waals surface area contributed by atoms with E-state index in [4.69, 9.17) is 0 Å². The highest BCUT2D eigenvalue weighted by Gasteiger charge is 2.34. The van der Waals surface area contributed by atoms with Gasteiger partial charge < -0.3 is 14.4 Å². The minimum absolute atomic E-state index is 0.0201. The molecule has 1 fully saturated rings. The lowest BCUT2D eigenvalue weighted by atomic mass is 10.1. The summed E-state index contributed by atoms with van der Waals surface area (Å²) in [5.41, 5.74) is 1.73. The molecule has 2 amide bonds. The fraction of sp³-hybridized carbons (Fsp3) is 0.429. The van der Waals surface area contributed by atoms with Gasteiger partial charge in [-0.15, -0.1) is 0 Å². The highest BCUT2D eigenvalue weighted by Crippen LogP contribution is 2.29. The van der Waals surface area contributed by atoms with Gasteiger partial charge in [-0.1, -0.05) is 18.2 Å². The molecule has 1 aliphatic carbocycles. The van der Waals surface area contributed by atoms with Crippen molar-refractivity contribution in [1.82, 2.24) is 14.4 Å². The molecule has 138 valence electrons. The second kappa shape index (κ2) is 7.77. The van der Waals surface area contributed by atoms with E-state index in [2.05, 4.69) is 0 Å². The molecule has 5 nitrogen and oxygen atoms in total. The van der Waals surface area contributed by atoms with Gasteiger partial charge in [-0.05, 0) is 51.0 Å². The van der Waals surface area contributed by atoms with Gasteiger partial charge in [0.15, 0.2) is 0 Å². The number of aryl methyl sites for hydroxylation is 1. The van der Waals surface area contributed by atoms with Gasteiger partial charge in [-0.2, -0.15) is 0 Å². The molecule has 1 aromatic heterocycles. The predicted octanol–water partition coefficient (Wildman–Crippen LogP) is 3.07. The first-order valence-electron chi connectivity index (χ1n) is 9.23. The van der Waals surface area contributed by atoms with Crippen LogP contribution in [-0.2, 0) is 18.4 Å². The summed E-state index contributed by atoms with van der Waals surface area (Å²) in [5.74, 6) is -0.0738. The average molecular weight is 353 g/mol. The topological polar surface area (TPSA) is 45.6 Å². The summed E-state index contributed by atoms with van der Waals surface area (Å²) >= 11 is 0. The third kappa shape index (κ3) is 4.15. The van der Waals surface area contributed by atoms with E-state index in [9.17, 15) is 9.59 Å². The van der Waals surface area contributed by atoms with Crippen molar-refractivity contribution in [3.63, 3.8) is 0 Å². The first kappa shape index (κ1) is 18.2. The monoisotopic (exact) mass is 353 g/mol. The Bertz CT molecular complexity index is 763. The molecule has 0 radical (unpaired) electrons. The molecule has 1 heterocycles. The van der Waals surface area contributed by atoms with Crippen LogP contribution in [0.5, 0.6) is 0 Å². The summed E-state index contributed by atoms with van der Waals surface area (Å²) in [6.45, 7) is 4.62. The van der Waals surface area contributed by atoms with Crippen molar-refractivity contribution in [3.05, 3.63) is 59.9 Å². The highest BCUT2D eigenvalue weighted by molar-refractivity contribution is 5.96. The van der Waals surface area contributed by atoms with Gasteiger partial charge >= 0.3 is 0 Å². The molecule has 0 saturated heterocycles. The van der Waals surface area contributed by atoms with Gasteiger partial charge in [0.25, 0.3) is 5.91 Å². The number of hydrogen-bond acceptors (Lipinski definition) is 2. The Morgan fingerprint density at radius 2 is 1.81 bits per heavy atom. The number of benzene rings is 1. The molecule has 0 bridgehead atoms. The van der Waals surface area contributed by atoms with E-state index in [0.29, 0.717) is 18.2 Å². The molecule has 0 unspecified atom stereocenters. The Balaban J connectivity index is 1.73. The molecule has 5 heteroatoms. The summed E-state index contributed by atoms with van der Waals surface area (Å²) in [6.07, 6.45) is 4.08. The Hall–Kier alpha value is -2.56. The standard InChI is InChI=1S/C21H27N3O2/c1-16(2)23(21(26)17-8-5-4-6-9-17)15-20(25)24(18-11-12-18)14-19-10-7-13-22(19)3/h4-10,13,16,18H,11-12,14-15H2,1-3H3. The summed E-state index contributed by atoms with van der Waals surface area (Å²) in [4.78, 5) is 29.5. The molecule has 0 aliphatic heterocycles. The van der Waals surface area contributed by atoms with E-state index >= 15 is 0 Å². The van der Waals surface area contributed by atoms with E-state index in [1.165, 1.54) is 0 Å². The van der Waals surface area contributed by atoms with Gasteiger partial charge in [0.1, 0.15) is 6.54 Å². The molecule has 0 N–H and O–H groups in total. The van der Waals surface area contributed by atoms with Gasteiger partial charge in [0, 0.05) is 36.6 Å². The molecule has 26 heavy (non-hydrogen) atoms. The first-order chi connectivity index (χ1) is 12.5. The van der Waals surface area contributed by atoms with Crippen molar-refractivity contribution in [2.24, 2.45) is 7.05 Å². The lowest BCUT2D eigenvalue weighted by Crippen LogP contribution is -2.46. The fourth-order valence-electron chi connectivity index (χ4n) is 3.11. The number of hydrogen-bond donors (Lipinski definition) is 0.